The minimum absolute atomic E-state index is 0.129. The zero-order chi connectivity index (χ0) is 12.5. The first-order valence-corrected chi connectivity index (χ1v) is 6.61. The van der Waals surface area contributed by atoms with Crippen LogP contribution in [0.15, 0.2) is 0 Å². The summed E-state index contributed by atoms with van der Waals surface area (Å²) < 4.78 is 0. The van der Waals surface area contributed by atoms with Gasteiger partial charge in [0.15, 0.2) is 0 Å². The average Bonchev–Trinajstić information content (AvgIpc) is 2.97. The van der Waals surface area contributed by atoms with Gasteiger partial charge >= 0.3 is 0 Å². The molecule has 0 heteroatoms. The molecule has 2 saturated carbocycles. The molecule has 2 fully saturated rings. The Bertz CT molecular complexity index is 216. The summed E-state index contributed by atoms with van der Waals surface area (Å²) in [5.41, 5.74) is 0.129. The molecule has 90 valence electrons. The molecule has 0 amide bonds. The third-order valence-electron chi connectivity index (χ3n) is 3.92. The molecule has 0 unspecified atom stereocenters. The first-order valence-electron chi connectivity index (χ1n) is 6.61. The van der Waals surface area contributed by atoms with Crippen molar-refractivity contribution in [1.29, 1.82) is 0 Å². The monoisotopic (exact) mass is 226 g/mol. The highest BCUT2D eigenvalue weighted by Crippen LogP contribution is 2.57. The van der Waals surface area contributed by atoms with Gasteiger partial charge in [0.05, 0.1) is 0 Å². The Morgan fingerprint density at radius 1 is 0.765 bits per heavy atom. The van der Waals surface area contributed by atoms with Gasteiger partial charge in [-0.3, -0.25) is 0 Å². The van der Waals surface area contributed by atoms with Gasteiger partial charge in [-0.1, -0.05) is 27.7 Å². The van der Waals surface area contributed by atoms with Crippen molar-refractivity contribution in [1.82, 2.24) is 0 Å². The van der Waals surface area contributed by atoms with Crippen LogP contribution in [0.25, 0.3) is 0 Å². The van der Waals surface area contributed by atoms with E-state index in [1.54, 1.807) is 0 Å². The molecule has 10 radical (unpaired) electrons. The molecule has 0 nitrogen and oxygen atoms in total. The molecule has 0 atom stereocenters. The summed E-state index contributed by atoms with van der Waals surface area (Å²) in [5, 5.41) is 0. The molecule has 0 aromatic carbocycles. The van der Waals surface area contributed by atoms with Crippen LogP contribution in [0.2, 0.25) is 0 Å². The molecule has 2 aliphatic rings. The van der Waals surface area contributed by atoms with E-state index in [9.17, 15) is 0 Å². The lowest BCUT2D eigenvalue weighted by Gasteiger charge is -2.41. The minimum atomic E-state index is 0.129. The number of rotatable bonds is 4. The summed E-state index contributed by atoms with van der Waals surface area (Å²) in [6.45, 7) is 9.16. The largest absolute Gasteiger partial charge is 0.0648 e. The third kappa shape index (κ3) is 2.42. The molecule has 0 aliphatic heterocycles. The summed E-state index contributed by atoms with van der Waals surface area (Å²) in [4.78, 5) is 0. The second-order valence-corrected chi connectivity index (χ2v) is 5.26. The standard InChI is InChI=1S/C17H22/c1-5-13-9-7-11-15(13)17(3,4)16-12-8-10-14(16)6-2/h7-12H,5-6H2,1-4H3. The van der Waals surface area contributed by atoms with Crippen LogP contribution in [0.5, 0.6) is 0 Å². The Morgan fingerprint density at radius 3 is 1.53 bits per heavy atom. The maximum absolute atomic E-state index is 2.34. The van der Waals surface area contributed by atoms with E-state index in [0.29, 0.717) is 0 Å². The Kier molecular flexibility index (Phi) is 4.21. The SMILES string of the molecule is CC[C]1[CH][CH][CH][C]1C(C)(C)[C]1[CH][CH][CH][C]1CC. The van der Waals surface area contributed by atoms with Gasteiger partial charge in [-0.15, -0.1) is 0 Å². The normalized spacial score (nSPS) is 26.1. The van der Waals surface area contributed by atoms with Gasteiger partial charge in [0.2, 0.25) is 0 Å². The maximum atomic E-state index is 2.34. The highest BCUT2D eigenvalue weighted by Gasteiger charge is 2.47. The highest BCUT2D eigenvalue weighted by atomic mass is 14.5. The van der Waals surface area contributed by atoms with Crippen LogP contribution in [0.1, 0.15) is 40.5 Å². The van der Waals surface area contributed by atoms with E-state index >= 15 is 0 Å². The Morgan fingerprint density at radius 2 is 1.18 bits per heavy atom. The lowest BCUT2D eigenvalue weighted by molar-refractivity contribution is 0.425. The van der Waals surface area contributed by atoms with Gasteiger partial charge in [-0.25, -0.2) is 0 Å². The summed E-state index contributed by atoms with van der Waals surface area (Å²) in [6, 6.07) is 0. The minimum Gasteiger partial charge on any atom is -0.0648 e. The van der Waals surface area contributed by atoms with E-state index in [1.165, 1.54) is 23.7 Å². The lowest BCUT2D eigenvalue weighted by atomic mass is 9.62. The van der Waals surface area contributed by atoms with Crippen LogP contribution in [0, 0.1) is 67.6 Å². The van der Waals surface area contributed by atoms with Gasteiger partial charge in [0.1, 0.15) is 0 Å². The number of hydrogen-bond donors (Lipinski definition) is 0. The van der Waals surface area contributed by atoms with Gasteiger partial charge in [0, 0.05) is 0 Å². The second kappa shape index (κ2) is 5.33. The van der Waals surface area contributed by atoms with E-state index in [2.05, 4.69) is 66.2 Å². The van der Waals surface area contributed by atoms with Crippen molar-refractivity contribution in [2.24, 2.45) is 5.41 Å². The summed E-state index contributed by atoms with van der Waals surface area (Å²) in [7, 11) is 0. The van der Waals surface area contributed by atoms with E-state index in [0.717, 1.165) is 12.8 Å². The van der Waals surface area contributed by atoms with Crippen LogP contribution in [-0.4, -0.2) is 0 Å². The quantitative estimate of drug-likeness (QED) is 0.667. The van der Waals surface area contributed by atoms with Crippen molar-refractivity contribution in [3.63, 3.8) is 0 Å². The van der Waals surface area contributed by atoms with Crippen molar-refractivity contribution >= 4 is 0 Å². The fourth-order valence-corrected chi connectivity index (χ4v) is 2.90. The predicted octanol–water partition coefficient (Wildman–Crippen LogP) is 4.38. The molecule has 0 aromatic heterocycles. The maximum Gasteiger partial charge on any atom is -0.00712 e. The van der Waals surface area contributed by atoms with Gasteiger partial charge in [0.25, 0.3) is 0 Å². The Hall–Kier alpha value is 0. The lowest BCUT2D eigenvalue weighted by Crippen LogP contribution is -2.33. The fraction of sp³-hybridized carbons (Fsp3) is 0.412. The van der Waals surface area contributed by atoms with Crippen LogP contribution in [-0.2, 0) is 0 Å². The number of hydrogen-bond acceptors (Lipinski definition) is 0. The second-order valence-electron chi connectivity index (χ2n) is 5.26. The van der Waals surface area contributed by atoms with Crippen molar-refractivity contribution in [3.05, 3.63) is 62.2 Å². The third-order valence-corrected chi connectivity index (χ3v) is 3.92. The molecule has 0 spiro atoms. The predicted molar refractivity (Wildman–Crippen MR) is 73.1 cm³/mol. The molecular weight excluding hydrogens is 204 g/mol. The van der Waals surface area contributed by atoms with Crippen molar-refractivity contribution in [2.75, 3.05) is 0 Å². The summed E-state index contributed by atoms with van der Waals surface area (Å²) in [5.74, 6) is 5.94. The molecule has 2 aliphatic carbocycles. The Balaban J connectivity index is 2.11. The van der Waals surface area contributed by atoms with E-state index in [-0.39, 0.29) is 5.41 Å². The average molecular weight is 226 g/mol. The summed E-state index contributed by atoms with van der Waals surface area (Å²) >= 11 is 0. The zero-order valence-electron chi connectivity index (χ0n) is 11.4. The van der Waals surface area contributed by atoms with Crippen molar-refractivity contribution < 1.29 is 0 Å². The first kappa shape index (κ1) is 13.4. The molecule has 0 N–H and O–H groups in total. The first-order chi connectivity index (χ1) is 8.11. The van der Waals surface area contributed by atoms with Crippen LogP contribution in [0.3, 0.4) is 0 Å². The van der Waals surface area contributed by atoms with Gasteiger partial charge < -0.3 is 0 Å². The van der Waals surface area contributed by atoms with Crippen LogP contribution < -0.4 is 0 Å². The smallest absolute Gasteiger partial charge is 0.00712 e. The van der Waals surface area contributed by atoms with E-state index < -0.39 is 0 Å². The molecule has 17 heavy (non-hydrogen) atoms. The topological polar surface area (TPSA) is 0 Å². The Labute approximate surface area is 109 Å². The molecule has 0 saturated heterocycles. The van der Waals surface area contributed by atoms with Gasteiger partial charge in [-0.05, 0) is 80.5 Å². The van der Waals surface area contributed by atoms with E-state index in [1.807, 2.05) is 0 Å². The molecule has 0 bridgehead atoms. The molecule has 0 aromatic rings. The zero-order valence-corrected chi connectivity index (χ0v) is 11.4. The fourth-order valence-electron chi connectivity index (χ4n) is 2.90. The molecular formula is C17H22. The van der Waals surface area contributed by atoms with Crippen LogP contribution in [0.4, 0.5) is 0 Å². The van der Waals surface area contributed by atoms with Crippen molar-refractivity contribution in [2.45, 2.75) is 40.5 Å². The van der Waals surface area contributed by atoms with Gasteiger partial charge in [-0.2, -0.15) is 0 Å². The van der Waals surface area contributed by atoms with E-state index in [4.69, 9.17) is 0 Å². The van der Waals surface area contributed by atoms with Crippen LogP contribution >= 0.6 is 0 Å². The highest BCUT2D eigenvalue weighted by molar-refractivity contribution is 5.56. The molecule has 0 heterocycles. The molecule has 2 rings (SSSR count). The summed E-state index contributed by atoms with van der Waals surface area (Å²) in [6.07, 6.45) is 15.7. The van der Waals surface area contributed by atoms with Crippen molar-refractivity contribution in [3.8, 4) is 0 Å².